The third-order valence-electron chi connectivity index (χ3n) is 3.81. The van der Waals surface area contributed by atoms with Gasteiger partial charge >= 0.3 is 0 Å². The van der Waals surface area contributed by atoms with E-state index in [0.29, 0.717) is 0 Å². The lowest BCUT2D eigenvalue weighted by atomic mass is 9.76. The number of H-pyrrole nitrogens is 1. The Kier molecular flexibility index (Phi) is 3.99. The van der Waals surface area contributed by atoms with Crippen LogP contribution >= 0.6 is 0 Å². The van der Waals surface area contributed by atoms with Crippen molar-refractivity contribution in [2.24, 2.45) is 5.41 Å². The Labute approximate surface area is 108 Å². The Morgan fingerprint density at radius 3 is 2.72 bits per heavy atom. The normalized spacial score (nSPS) is 18.6. The second-order valence-corrected chi connectivity index (χ2v) is 5.51. The summed E-state index contributed by atoms with van der Waals surface area (Å²) in [5.74, 6) is 0.841. The number of aromatic amines is 1. The highest BCUT2D eigenvalue weighted by Crippen LogP contribution is 2.34. The summed E-state index contributed by atoms with van der Waals surface area (Å²) in [5.41, 5.74) is 0.248. The first-order chi connectivity index (χ1) is 8.63. The smallest absolute Gasteiger partial charge is 0.290 e. The van der Waals surface area contributed by atoms with Crippen LogP contribution in [-0.2, 0) is 6.42 Å². The minimum absolute atomic E-state index is 0.169. The van der Waals surface area contributed by atoms with E-state index in [1.54, 1.807) is 0 Å². The molecule has 5 heteroatoms. The van der Waals surface area contributed by atoms with Crippen LogP contribution in [-0.4, -0.2) is 27.6 Å². The summed E-state index contributed by atoms with van der Waals surface area (Å²) in [7, 11) is 0. The van der Waals surface area contributed by atoms with E-state index in [-0.39, 0.29) is 17.1 Å². The van der Waals surface area contributed by atoms with Crippen LogP contribution in [0.2, 0.25) is 0 Å². The van der Waals surface area contributed by atoms with Gasteiger partial charge in [-0.1, -0.05) is 33.1 Å². The SMILES string of the molecule is CCc1nc(C(=O)NCC2(C)CCCCC2)n[nH]1. The highest BCUT2D eigenvalue weighted by Gasteiger charge is 2.27. The number of nitrogens with one attached hydrogen (secondary N) is 2. The summed E-state index contributed by atoms with van der Waals surface area (Å²) < 4.78 is 0. The second-order valence-electron chi connectivity index (χ2n) is 5.51. The molecule has 1 heterocycles. The van der Waals surface area contributed by atoms with Gasteiger partial charge in [0.2, 0.25) is 5.82 Å². The van der Waals surface area contributed by atoms with Crippen LogP contribution in [0.15, 0.2) is 0 Å². The molecule has 1 aliphatic carbocycles. The molecule has 100 valence electrons. The summed E-state index contributed by atoms with van der Waals surface area (Å²) in [6.07, 6.45) is 7.02. The summed E-state index contributed by atoms with van der Waals surface area (Å²) in [4.78, 5) is 16.0. The molecular weight excluding hydrogens is 228 g/mol. The van der Waals surface area contributed by atoms with E-state index < -0.39 is 0 Å². The van der Waals surface area contributed by atoms with E-state index in [9.17, 15) is 4.79 Å². The second kappa shape index (κ2) is 5.50. The average molecular weight is 250 g/mol. The zero-order valence-electron chi connectivity index (χ0n) is 11.3. The molecule has 0 atom stereocenters. The number of nitrogens with zero attached hydrogens (tertiary/aromatic N) is 2. The molecule has 2 N–H and O–H groups in total. The van der Waals surface area contributed by atoms with Crippen molar-refractivity contribution in [3.63, 3.8) is 0 Å². The lowest BCUT2D eigenvalue weighted by Gasteiger charge is -2.33. The first-order valence-corrected chi connectivity index (χ1v) is 6.82. The molecule has 18 heavy (non-hydrogen) atoms. The topological polar surface area (TPSA) is 70.7 Å². The number of amides is 1. The van der Waals surface area contributed by atoms with E-state index in [1.807, 2.05) is 6.92 Å². The van der Waals surface area contributed by atoms with E-state index in [4.69, 9.17) is 0 Å². The molecule has 0 radical (unpaired) electrons. The van der Waals surface area contributed by atoms with Gasteiger partial charge in [0.05, 0.1) is 0 Å². The van der Waals surface area contributed by atoms with Gasteiger partial charge in [0.25, 0.3) is 5.91 Å². The molecule has 0 saturated heterocycles. The van der Waals surface area contributed by atoms with Gasteiger partial charge in [0.15, 0.2) is 0 Å². The van der Waals surface area contributed by atoms with Crippen LogP contribution in [0.4, 0.5) is 0 Å². The van der Waals surface area contributed by atoms with Gasteiger partial charge in [-0.3, -0.25) is 9.89 Å². The van der Waals surface area contributed by atoms with Crippen molar-refractivity contribution >= 4 is 5.91 Å². The molecule has 0 spiro atoms. The fourth-order valence-corrected chi connectivity index (χ4v) is 2.51. The maximum atomic E-state index is 11.9. The van der Waals surface area contributed by atoms with Crippen LogP contribution in [0.25, 0.3) is 0 Å². The van der Waals surface area contributed by atoms with Crippen molar-refractivity contribution in [2.75, 3.05) is 6.54 Å². The number of hydrogen-bond donors (Lipinski definition) is 2. The number of hydrogen-bond acceptors (Lipinski definition) is 3. The Bertz CT molecular complexity index is 407. The van der Waals surface area contributed by atoms with Crippen LogP contribution in [0.3, 0.4) is 0 Å². The first kappa shape index (κ1) is 13.1. The molecule has 5 nitrogen and oxygen atoms in total. The summed E-state index contributed by atoms with van der Waals surface area (Å²) >= 11 is 0. The molecule has 0 unspecified atom stereocenters. The minimum atomic E-state index is -0.169. The Morgan fingerprint density at radius 2 is 2.11 bits per heavy atom. The molecule has 1 saturated carbocycles. The van der Waals surface area contributed by atoms with Crippen molar-refractivity contribution in [3.05, 3.63) is 11.6 Å². The predicted octanol–water partition coefficient (Wildman–Crippen LogP) is 2.07. The molecule has 1 aliphatic rings. The van der Waals surface area contributed by atoms with Crippen molar-refractivity contribution in [1.82, 2.24) is 20.5 Å². The largest absolute Gasteiger partial charge is 0.349 e. The summed E-state index contributed by atoms with van der Waals surface area (Å²) in [5, 5.41) is 9.65. The summed E-state index contributed by atoms with van der Waals surface area (Å²) in [6.45, 7) is 4.95. The standard InChI is InChI=1S/C13H22N4O/c1-3-10-15-11(17-16-10)12(18)14-9-13(2)7-5-4-6-8-13/h3-9H2,1-2H3,(H,14,18)(H,15,16,17). The van der Waals surface area contributed by atoms with Gasteiger partial charge in [0.1, 0.15) is 5.82 Å². The Morgan fingerprint density at radius 1 is 1.39 bits per heavy atom. The minimum Gasteiger partial charge on any atom is -0.349 e. The third-order valence-corrected chi connectivity index (χ3v) is 3.81. The number of rotatable bonds is 4. The molecule has 0 bridgehead atoms. The highest BCUT2D eigenvalue weighted by molar-refractivity contribution is 5.90. The number of carbonyl (C=O) groups excluding carboxylic acids is 1. The maximum absolute atomic E-state index is 11.9. The van der Waals surface area contributed by atoms with Gasteiger partial charge in [0, 0.05) is 13.0 Å². The maximum Gasteiger partial charge on any atom is 0.290 e. The number of aryl methyl sites for hydroxylation is 1. The van der Waals surface area contributed by atoms with E-state index in [0.717, 1.165) is 18.8 Å². The van der Waals surface area contributed by atoms with Crippen LogP contribution in [0.1, 0.15) is 62.4 Å². The highest BCUT2D eigenvalue weighted by atomic mass is 16.2. The van der Waals surface area contributed by atoms with Crippen molar-refractivity contribution in [2.45, 2.75) is 52.4 Å². The van der Waals surface area contributed by atoms with Crippen LogP contribution < -0.4 is 5.32 Å². The van der Waals surface area contributed by atoms with E-state index in [1.165, 1.54) is 32.1 Å². The van der Waals surface area contributed by atoms with Crippen molar-refractivity contribution in [3.8, 4) is 0 Å². The lowest BCUT2D eigenvalue weighted by Crippen LogP contribution is -2.37. The average Bonchev–Trinajstić information content (AvgIpc) is 2.86. The zero-order chi connectivity index (χ0) is 13.0. The molecule has 1 aromatic heterocycles. The fraction of sp³-hybridized carbons (Fsp3) is 0.769. The molecule has 2 rings (SSSR count). The monoisotopic (exact) mass is 250 g/mol. The third kappa shape index (κ3) is 3.09. The Balaban J connectivity index is 1.87. The van der Waals surface area contributed by atoms with Crippen molar-refractivity contribution < 1.29 is 4.79 Å². The van der Waals surface area contributed by atoms with Gasteiger partial charge in [-0.05, 0) is 18.3 Å². The summed E-state index contributed by atoms with van der Waals surface area (Å²) in [6, 6.07) is 0. The quantitative estimate of drug-likeness (QED) is 0.859. The van der Waals surface area contributed by atoms with Gasteiger partial charge < -0.3 is 5.32 Å². The predicted molar refractivity (Wildman–Crippen MR) is 69.3 cm³/mol. The molecule has 1 aromatic rings. The lowest BCUT2D eigenvalue weighted by molar-refractivity contribution is 0.0909. The van der Waals surface area contributed by atoms with E-state index >= 15 is 0 Å². The van der Waals surface area contributed by atoms with Gasteiger partial charge in [-0.15, -0.1) is 5.10 Å². The van der Waals surface area contributed by atoms with Crippen molar-refractivity contribution in [1.29, 1.82) is 0 Å². The number of carbonyl (C=O) groups is 1. The Hall–Kier alpha value is -1.39. The molecule has 1 amide bonds. The van der Waals surface area contributed by atoms with Gasteiger partial charge in [-0.2, -0.15) is 0 Å². The molecule has 0 aliphatic heterocycles. The first-order valence-electron chi connectivity index (χ1n) is 6.82. The van der Waals surface area contributed by atoms with Crippen LogP contribution in [0, 0.1) is 5.41 Å². The fourth-order valence-electron chi connectivity index (χ4n) is 2.51. The molecule has 1 fully saturated rings. The number of aromatic nitrogens is 3. The molecular formula is C13H22N4O. The molecule has 0 aromatic carbocycles. The zero-order valence-corrected chi connectivity index (χ0v) is 11.3. The van der Waals surface area contributed by atoms with E-state index in [2.05, 4.69) is 27.4 Å². The van der Waals surface area contributed by atoms with Gasteiger partial charge in [-0.25, -0.2) is 4.98 Å². The van der Waals surface area contributed by atoms with Crippen LogP contribution in [0.5, 0.6) is 0 Å².